The van der Waals surface area contributed by atoms with E-state index in [1.54, 1.807) is 12.1 Å². The van der Waals surface area contributed by atoms with Crippen LogP contribution in [0.25, 0.3) is 0 Å². The SMILES string of the molecule is C.CC(=O)N[C@H](Cc1cc(I)c(O)c(I)c1)C(=O)O. The lowest BCUT2D eigenvalue weighted by Gasteiger charge is -2.14. The van der Waals surface area contributed by atoms with Crippen LogP contribution in [0.2, 0.25) is 0 Å². The van der Waals surface area contributed by atoms with Gasteiger partial charge in [-0.15, -0.1) is 0 Å². The molecule has 7 heteroatoms. The minimum Gasteiger partial charge on any atom is -0.506 e. The third-order valence-corrected chi connectivity index (χ3v) is 3.84. The van der Waals surface area contributed by atoms with Crippen LogP contribution in [0.3, 0.4) is 0 Å². The van der Waals surface area contributed by atoms with E-state index in [1.807, 2.05) is 45.2 Å². The molecule has 1 amide bonds. The Labute approximate surface area is 139 Å². The average Bonchev–Trinajstić information content (AvgIpc) is 2.24. The minimum absolute atomic E-state index is 0. The summed E-state index contributed by atoms with van der Waals surface area (Å²) in [6, 6.07) is 2.45. The Morgan fingerprint density at radius 1 is 1.32 bits per heavy atom. The number of carboxylic acids is 1. The zero-order valence-electron chi connectivity index (χ0n) is 9.41. The molecule has 0 aliphatic carbocycles. The van der Waals surface area contributed by atoms with Crippen LogP contribution in [0.15, 0.2) is 12.1 Å². The second-order valence-electron chi connectivity index (χ2n) is 3.70. The van der Waals surface area contributed by atoms with E-state index < -0.39 is 12.0 Å². The number of aliphatic carboxylic acids is 1. The summed E-state index contributed by atoms with van der Waals surface area (Å²) in [4.78, 5) is 21.9. The lowest BCUT2D eigenvalue weighted by Crippen LogP contribution is -2.41. The fraction of sp³-hybridized carbons (Fsp3) is 0.333. The number of hydrogen-bond acceptors (Lipinski definition) is 3. The molecule has 5 nitrogen and oxygen atoms in total. The van der Waals surface area contributed by atoms with Crippen LogP contribution in [-0.4, -0.2) is 28.1 Å². The third kappa shape index (κ3) is 5.51. The van der Waals surface area contributed by atoms with Crippen LogP contribution in [-0.2, 0) is 16.0 Å². The number of nitrogens with one attached hydrogen (secondary N) is 1. The number of phenolic OH excluding ortho intramolecular Hbond substituents is 1. The van der Waals surface area contributed by atoms with Crippen molar-refractivity contribution < 1.29 is 19.8 Å². The number of aromatic hydroxyl groups is 1. The molecule has 0 fully saturated rings. The number of amides is 1. The Morgan fingerprint density at radius 3 is 2.16 bits per heavy atom. The normalized spacial score (nSPS) is 11.3. The summed E-state index contributed by atoms with van der Waals surface area (Å²) >= 11 is 3.95. The van der Waals surface area contributed by atoms with E-state index in [0.717, 1.165) is 5.56 Å². The molecule has 106 valence electrons. The number of carbonyl (C=O) groups is 2. The molecule has 3 N–H and O–H groups in total. The van der Waals surface area contributed by atoms with Crippen molar-refractivity contribution in [3.63, 3.8) is 0 Å². The topological polar surface area (TPSA) is 86.6 Å². The predicted octanol–water partition coefficient (Wildman–Crippen LogP) is 2.37. The van der Waals surface area contributed by atoms with Gasteiger partial charge in [0, 0.05) is 13.3 Å². The Kier molecular flexibility index (Phi) is 7.64. The van der Waals surface area contributed by atoms with Gasteiger partial charge in [-0.1, -0.05) is 7.43 Å². The first-order chi connectivity index (χ1) is 8.31. The first-order valence-electron chi connectivity index (χ1n) is 4.98. The van der Waals surface area contributed by atoms with Crippen molar-refractivity contribution in [1.29, 1.82) is 0 Å². The second-order valence-corrected chi connectivity index (χ2v) is 6.03. The van der Waals surface area contributed by atoms with Gasteiger partial charge in [-0.25, -0.2) is 4.79 Å². The highest BCUT2D eigenvalue weighted by Crippen LogP contribution is 2.27. The van der Waals surface area contributed by atoms with Crippen LogP contribution in [0, 0.1) is 7.14 Å². The molecule has 0 spiro atoms. The van der Waals surface area contributed by atoms with Crippen molar-refractivity contribution in [3.8, 4) is 5.75 Å². The van der Waals surface area contributed by atoms with E-state index in [1.165, 1.54) is 6.92 Å². The Balaban J connectivity index is 0.00000324. The molecule has 0 bridgehead atoms. The van der Waals surface area contributed by atoms with Crippen molar-refractivity contribution in [3.05, 3.63) is 24.8 Å². The van der Waals surface area contributed by atoms with E-state index >= 15 is 0 Å². The molecule has 0 unspecified atom stereocenters. The van der Waals surface area contributed by atoms with E-state index in [2.05, 4.69) is 5.32 Å². The highest BCUT2D eigenvalue weighted by molar-refractivity contribution is 14.1. The summed E-state index contributed by atoms with van der Waals surface area (Å²) in [5, 5.41) is 21.0. The zero-order valence-corrected chi connectivity index (χ0v) is 13.7. The van der Waals surface area contributed by atoms with Gasteiger partial charge in [-0.05, 0) is 62.9 Å². The zero-order chi connectivity index (χ0) is 13.9. The van der Waals surface area contributed by atoms with Crippen LogP contribution in [0.4, 0.5) is 0 Å². The Bertz CT molecular complexity index is 468. The predicted molar refractivity (Wildman–Crippen MR) is 89.2 cm³/mol. The smallest absolute Gasteiger partial charge is 0.326 e. The first-order valence-corrected chi connectivity index (χ1v) is 7.13. The second kappa shape index (κ2) is 7.88. The third-order valence-electron chi connectivity index (χ3n) is 2.19. The van der Waals surface area contributed by atoms with Gasteiger partial charge in [-0.2, -0.15) is 0 Å². The van der Waals surface area contributed by atoms with Gasteiger partial charge in [0.15, 0.2) is 0 Å². The molecule has 0 saturated heterocycles. The molecule has 1 aromatic carbocycles. The van der Waals surface area contributed by atoms with E-state index in [-0.39, 0.29) is 25.5 Å². The molecular formula is C12H15I2NO4. The standard InChI is InChI=1S/C11H11I2NO4.CH4/c1-5(15)14-9(11(17)18)4-6-2-7(12)10(16)8(13)3-6;/h2-3,9,16H,4H2,1H3,(H,14,15)(H,17,18);1H4/t9-;/m1./s1. The number of hydrogen-bond donors (Lipinski definition) is 3. The first kappa shape index (κ1) is 18.4. The van der Waals surface area contributed by atoms with Crippen molar-refractivity contribution in [1.82, 2.24) is 5.32 Å². The summed E-state index contributed by atoms with van der Waals surface area (Å²) in [6.45, 7) is 1.28. The van der Waals surface area contributed by atoms with Gasteiger partial charge in [-0.3, -0.25) is 4.79 Å². The van der Waals surface area contributed by atoms with Crippen molar-refractivity contribution in [2.75, 3.05) is 0 Å². The summed E-state index contributed by atoms with van der Waals surface area (Å²) in [6.07, 6.45) is 0.182. The van der Waals surface area contributed by atoms with Crippen molar-refractivity contribution >= 4 is 57.1 Å². The van der Waals surface area contributed by atoms with Gasteiger partial charge >= 0.3 is 5.97 Å². The minimum atomic E-state index is -1.08. The molecule has 0 aliphatic heterocycles. The molecule has 1 rings (SSSR count). The van der Waals surface area contributed by atoms with Crippen LogP contribution >= 0.6 is 45.2 Å². The average molecular weight is 491 g/mol. The van der Waals surface area contributed by atoms with Gasteiger partial charge in [0.2, 0.25) is 5.91 Å². The number of carboxylic acid groups (broad SMARTS) is 1. The molecule has 1 atom stereocenters. The Morgan fingerprint density at radius 2 is 1.79 bits per heavy atom. The highest BCUT2D eigenvalue weighted by Gasteiger charge is 2.19. The number of carbonyl (C=O) groups excluding carboxylic acids is 1. The number of halogens is 2. The lowest BCUT2D eigenvalue weighted by atomic mass is 10.1. The number of benzene rings is 1. The maximum atomic E-state index is 11.0. The maximum Gasteiger partial charge on any atom is 0.326 e. The monoisotopic (exact) mass is 491 g/mol. The van der Waals surface area contributed by atoms with E-state index in [9.17, 15) is 14.7 Å². The molecule has 0 heterocycles. The van der Waals surface area contributed by atoms with Crippen LogP contribution in [0.1, 0.15) is 19.9 Å². The van der Waals surface area contributed by atoms with Gasteiger partial charge in [0.1, 0.15) is 11.8 Å². The fourth-order valence-electron chi connectivity index (χ4n) is 1.42. The number of phenols is 1. The molecule has 1 aromatic rings. The summed E-state index contributed by atoms with van der Waals surface area (Å²) in [5.41, 5.74) is 0.753. The molecule has 0 saturated carbocycles. The van der Waals surface area contributed by atoms with E-state index in [0.29, 0.717) is 7.14 Å². The molecule has 0 radical (unpaired) electrons. The van der Waals surface area contributed by atoms with Crippen LogP contribution in [0.5, 0.6) is 5.75 Å². The quantitative estimate of drug-likeness (QED) is 0.565. The van der Waals surface area contributed by atoms with Gasteiger partial charge < -0.3 is 15.5 Å². The van der Waals surface area contributed by atoms with E-state index in [4.69, 9.17) is 5.11 Å². The maximum absolute atomic E-state index is 11.0. The molecule has 19 heavy (non-hydrogen) atoms. The summed E-state index contributed by atoms with van der Waals surface area (Å²) < 4.78 is 1.31. The molecule has 0 aliphatic rings. The van der Waals surface area contributed by atoms with Crippen LogP contribution < -0.4 is 5.32 Å². The van der Waals surface area contributed by atoms with Gasteiger partial charge in [0.05, 0.1) is 7.14 Å². The number of rotatable bonds is 4. The summed E-state index contributed by atoms with van der Waals surface area (Å²) in [5.74, 6) is -1.28. The van der Waals surface area contributed by atoms with Crippen molar-refractivity contribution in [2.45, 2.75) is 26.8 Å². The lowest BCUT2D eigenvalue weighted by molar-refractivity contribution is -0.141. The molecular weight excluding hydrogens is 476 g/mol. The van der Waals surface area contributed by atoms with Gasteiger partial charge in [0.25, 0.3) is 0 Å². The van der Waals surface area contributed by atoms with Crippen molar-refractivity contribution in [2.24, 2.45) is 0 Å². The Hall–Kier alpha value is -0.580. The highest BCUT2D eigenvalue weighted by atomic mass is 127. The largest absolute Gasteiger partial charge is 0.506 e. The molecule has 0 aromatic heterocycles. The fourth-order valence-corrected chi connectivity index (χ4v) is 3.31. The summed E-state index contributed by atoms with van der Waals surface area (Å²) in [7, 11) is 0.